The molecule has 0 bridgehead atoms. The van der Waals surface area contributed by atoms with Gasteiger partial charge < -0.3 is 29.2 Å². The van der Waals surface area contributed by atoms with E-state index < -0.39 is 11.6 Å². The van der Waals surface area contributed by atoms with Crippen LogP contribution in [-0.2, 0) is 9.47 Å². The van der Waals surface area contributed by atoms with Crippen molar-refractivity contribution >= 4 is 28.5 Å². The molecule has 1 aliphatic heterocycles. The number of rotatable bonds is 7. The number of methoxy groups -OCH3 is 1. The monoisotopic (exact) mass is 535 g/mol. The summed E-state index contributed by atoms with van der Waals surface area (Å²) < 4.78 is 23.0. The van der Waals surface area contributed by atoms with Gasteiger partial charge in [0, 0.05) is 43.3 Å². The molecule has 1 aliphatic carbocycles. The molecule has 3 aromatic rings. The van der Waals surface area contributed by atoms with Crippen LogP contribution >= 0.6 is 0 Å². The van der Waals surface area contributed by atoms with E-state index in [-0.39, 0.29) is 12.1 Å². The van der Waals surface area contributed by atoms with Crippen molar-refractivity contribution in [3.63, 3.8) is 0 Å². The number of morpholine rings is 1. The van der Waals surface area contributed by atoms with Gasteiger partial charge in [-0.05, 0) is 58.6 Å². The molecule has 2 aliphatic rings. The van der Waals surface area contributed by atoms with E-state index in [0.717, 1.165) is 61.2 Å². The van der Waals surface area contributed by atoms with Crippen LogP contribution in [0.1, 0.15) is 56.8 Å². The number of carbonyl (C=O) groups excluding carboxylic acids is 1. The predicted octanol–water partition coefficient (Wildman–Crippen LogP) is 4.63. The number of hydrogen-bond acceptors (Lipinski definition) is 10. The molecule has 1 saturated heterocycles. The average Bonchev–Trinajstić information content (AvgIpc) is 2.94. The van der Waals surface area contributed by atoms with Crippen molar-refractivity contribution in [2.45, 2.75) is 64.2 Å². The first-order chi connectivity index (χ1) is 18.8. The molecule has 0 radical (unpaired) electrons. The van der Waals surface area contributed by atoms with E-state index in [1.165, 1.54) is 7.11 Å². The minimum atomic E-state index is -0.462. The molecule has 5 rings (SSSR count). The Labute approximate surface area is 229 Å². The highest BCUT2D eigenvalue weighted by molar-refractivity contribution is 5.93. The van der Waals surface area contributed by atoms with Crippen molar-refractivity contribution in [2.24, 2.45) is 0 Å². The second-order valence-corrected chi connectivity index (χ2v) is 11.0. The molecular formula is C29H37N5O5. The fourth-order valence-electron chi connectivity index (χ4n) is 5.04. The number of aromatic nitrogens is 3. The zero-order chi connectivity index (χ0) is 27.4. The third-order valence-corrected chi connectivity index (χ3v) is 6.91. The van der Waals surface area contributed by atoms with E-state index in [2.05, 4.69) is 37.3 Å². The summed E-state index contributed by atoms with van der Waals surface area (Å²) >= 11 is 0. The third kappa shape index (κ3) is 6.68. The maximum atomic E-state index is 12.4. The van der Waals surface area contributed by atoms with E-state index >= 15 is 0 Å². The Bertz CT molecular complexity index is 1300. The first-order valence-electron chi connectivity index (χ1n) is 13.6. The Balaban J connectivity index is 1.25. The predicted molar refractivity (Wildman–Crippen MR) is 149 cm³/mol. The number of nitrogens with zero attached hydrogens (tertiary/aromatic N) is 4. The van der Waals surface area contributed by atoms with Gasteiger partial charge in [0.1, 0.15) is 28.2 Å². The molecular weight excluding hydrogens is 498 g/mol. The van der Waals surface area contributed by atoms with Crippen molar-refractivity contribution in [1.82, 2.24) is 15.0 Å². The van der Waals surface area contributed by atoms with E-state index in [1.807, 2.05) is 20.8 Å². The molecule has 208 valence electrons. The lowest BCUT2D eigenvalue weighted by Gasteiger charge is -2.31. The number of nitrogens with one attached hydrogen (secondary N) is 1. The molecule has 0 unspecified atom stereocenters. The lowest BCUT2D eigenvalue weighted by Crippen LogP contribution is -2.36. The minimum absolute atomic E-state index is 0.0781. The fraction of sp³-hybridized carbons (Fsp3) is 0.517. The topological polar surface area (TPSA) is 108 Å². The highest BCUT2D eigenvalue weighted by atomic mass is 16.5. The maximum absolute atomic E-state index is 12.4. The van der Waals surface area contributed by atoms with Crippen LogP contribution in [0.4, 0.5) is 11.5 Å². The van der Waals surface area contributed by atoms with E-state index in [9.17, 15) is 4.79 Å². The van der Waals surface area contributed by atoms with Crippen LogP contribution in [-0.4, -0.2) is 72.1 Å². The normalized spacial score (nSPS) is 19.9. The van der Waals surface area contributed by atoms with Gasteiger partial charge in [-0.1, -0.05) is 0 Å². The molecule has 10 nitrogen and oxygen atoms in total. The van der Waals surface area contributed by atoms with Gasteiger partial charge in [0.2, 0.25) is 0 Å². The summed E-state index contributed by atoms with van der Waals surface area (Å²) in [5, 5.41) is 3.49. The van der Waals surface area contributed by atoms with Gasteiger partial charge in [-0.2, -0.15) is 0 Å². The molecule has 0 amide bonds. The standard InChI is InChI=1S/C29H37N5O5/c1-29(2,3)39-25-18-32-26(17-22(25)28(35)36-4)33-19-5-7-21(8-6-19)38-24-16-20(34-11-13-37-14-12-34)15-23-27(24)31-10-9-30-23/h9-10,15-19,21H,5-8,11-14H2,1-4H3,(H,32,33)/t19-,21+. The molecule has 0 spiro atoms. The Morgan fingerprint density at radius 1 is 1.00 bits per heavy atom. The van der Waals surface area contributed by atoms with Gasteiger partial charge in [0.05, 0.1) is 38.1 Å². The van der Waals surface area contributed by atoms with Gasteiger partial charge in [-0.25, -0.2) is 14.8 Å². The van der Waals surface area contributed by atoms with Crippen LogP contribution in [0.15, 0.2) is 36.8 Å². The molecule has 3 heterocycles. The van der Waals surface area contributed by atoms with Crippen molar-refractivity contribution in [2.75, 3.05) is 43.6 Å². The quantitative estimate of drug-likeness (QED) is 0.430. The molecule has 2 fully saturated rings. The number of anilines is 2. The van der Waals surface area contributed by atoms with Gasteiger partial charge in [0.25, 0.3) is 0 Å². The van der Waals surface area contributed by atoms with Crippen molar-refractivity contribution in [1.29, 1.82) is 0 Å². The fourth-order valence-corrected chi connectivity index (χ4v) is 5.04. The number of carbonyl (C=O) groups is 1. The number of hydrogen-bond donors (Lipinski definition) is 1. The summed E-state index contributed by atoms with van der Waals surface area (Å²) in [4.78, 5) is 28.3. The summed E-state index contributed by atoms with van der Waals surface area (Å²) in [6, 6.07) is 6.09. The molecule has 0 atom stereocenters. The number of fused-ring (bicyclic) bond motifs is 1. The molecule has 2 aromatic heterocycles. The highest BCUT2D eigenvalue weighted by Gasteiger charge is 2.26. The largest absolute Gasteiger partial charge is 0.488 e. The van der Waals surface area contributed by atoms with E-state index in [4.69, 9.17) is 18.9 Å². The number of ether oxygens (including phenoxy) is 4. The Kier molecular flexibility index (Phi) is 8.02. The van der Waals surface area contributed by atoms with E-state index in [0.29, 0.717) is 30.3 Å². The van der Waals surface area contributed by atoms with Gasteiger partial charge in [-0.15, -0.1) is 0 Å². The first kappa shape index (κ1) is 26.9. The van der Waals surface area contributed by atoms with Gasteiger partial charge >= 0.3 is 5.97 Å². The lowest BCUT2D eigenvalue weighted by molar-refractivity contribution is 0.0586. The molecule has 1 N–H and O–H groups in total. The Morgan fingerprint density at radius 3 is 2.46 bits per heavy atom. The zero-order valence-electron chi connectivity index (χ0n) is 23.1. The van der Waals surface area contributed by atoms with E-state index in [1.54, 1.807) is 24.7 Å². The van der Waals surface area contributed by atoms with Crippen molar-refractivity contribution in [3.05, 3.63) is 42.4 Å². The zero-order valence-corrected chi connectivity index (χ0v) is 23.1. The summed E-state index contributed by atoms with van der Waals surface area (Å²) in [6.07, 6.45) is 8.68. The number of pyridine rings is 1. The third-order valence-electron chi connectivity index (χ3n) is 6.91. The lowest BCUT2D eigenvalue weighted by atomic mass is 9.93. The smallest absolute Gasteiger partial charge is 0.341 e. The summed E-state index contributed by atoms with van der Waals surface area (Å²) in [7, 11) is 1.36. The van der Waals surface area contributed by atoms with Crippen molar-refractivity contribution < 1.29 is 23.7 Å². The Morgan fingerprint density at radius 2 is 1.74 bits per heavy atom. The average molecular weight is 536 g/mol. The van der Waals surface area contributed by atoms with Crippen LogP contribution in [0.5, 0.6) is 11.5 Å². The van der Waals surface area contributed by atoms with Crippen LogP contribution in [0.2, 0.25) is 0 Å². The molecule has 10 heteroatoms. The SMILES string of the molecule is COC(=O)c1cc(N[C@H]2CC[C@@H](Oc3cc(N4CCOCC4)cc4nccnc34)CC2)ncc1OC(C)(C)C. The molecule has 1 aromatic carbocycles. The van der Waals surface area contributed by atoms with Gasteiger partial charge in [-0.3, -0.25) is 4.98 Å². The second-order valence-electron chi connectivity index (χ2n) is 11.0. The van der Waals surface area contributed by atoms with Gasteiger partial charge in [0.15, 0.2) is 5.75 Å². The second kappa shape index (κ2) is 11.6. The van der Waals surface area contributed by atoms with Crippen LogP contribution in [0.25, 0.3) is 11.0 Å². The van der Waals surface area contributed by atoms with Crippen LogP contribution in [0, 0.1) is 0 Å². The maximum Gasteiger partial charge on any atom is 0.341 e. The van der Waals surface area contributed by atoms with Crippen LogP contribution < -0.4 is 19.7 Å². The summed E-state index contributed by atoms with van der Waals surface area (Å²) in [6.45, 7) is 8.90. The summed E-state index contributed by atoms with van der Waals surface area (Å²) in [5.74, 6) is 1.36. The molecule has 1 saturated carbocycles. The number of esters is 1. The number of benzene rings is 1. The highest BCUT2D eigenvalue weighted by Crippen LogP contribution is 2.34. The molecule has 39 heavy (non-hydrogen) atoms. The minimum Gasteiger partial charge on any atom is -0.488 e. The first-order valence-corrected chi connectivity index (χ1v) is 13.6. The van der Waals surface area contributed by atoms with Crippen molar-refractivity contribution in [3.8, 4) is 11.5 Å². The Hall–Kier alpha value is -3.66. The van der Waals surface area contributed by atoms with Crippen LogP contribution in [0.3, 0.4) is 0 Å². The summed E-state index contributed by atoms with van der Waals surface area (Å²) in [5.41, 5.74) is 2.60.